The van der Waals surface area contributed by atoms with Gasteiger partial charge in [-0.25, -0.2) is 9.59 Å². The fourth-order valence-electron chi connectivity index (χ4n) is 0.569. The van der Waals surface area contributed by atoms with E-state index in [-0.39, 0.29) is 25.0 Å². The van der Waals surface area contributed by atoms with Crippen LogP contribution in [0.2, 0.25) is 0 Å². The van der Waals surface area contributed by atoms with E-state index in [1.54, 1.807) is 0 Å². The molecule has 0 aliphatic rings. The van der Waals surface area contributed by atoms with Crippen molar-refractivity contribution in [3.05, 3.63) is 12.2 Å². The highest BCUT2D eigenvalue weighted by molar-refractivity contribution is 5.93. The van der Waals surface area contributed by atoms with E-state index in [1.807, 2.05) is 0 Å². The summed E-state index contributed by atoms with van der Waals surface area (Å²) in [6, 6.07) is 0. The summed E-state index contributed by atoms with van der Waals surface area (Å²) in [7, 11) is 0. The number of rotatable bonds is 7. The molecule has 11 heteroatoms. The van der Waals surface area contributed by atoms with Gasteiger partial charge < -0.3 is 25.5 Å². The van der Waals surface area contributed by atoms with Crippen LogP contribution in [0.25, 0.3) is 0 Å². The Kier molecular flexibility index (Phi) is 16.3. The van der Waals surface area contributed by atoms with Crippen LogP contribution < -0.4 is 0 Å². The van der Waals surface area contributed by atoms with Crippen LogP contribution in [0.3, 0.4) is 0 Å². The van der Waals surface area contributed by atoms with Gasteiger partial charge in [-0.1, -0.05) is 0 Å². The number of aliphatic carboxylic acids is 5. The monoisotopic (exact) mass is 336 g/mol. The standard InChI is InChI=1S/C4H6O4.C4H4O4.C4H6O3/c2*5-3(6)1-2-4(7)8;1-3(5)2-4(6)7/h1-2H2,(H,5,6)(H,7,8);1-2H,(H,5,6)(H,7,8);2H2,1H3,(H,6,7)/b;2-1+;. The van der Waals surface area contributed by atoms with Gasteiger partial charge in [-0.2, -0.15) is 0 Å². The van der Waals surface area contributed by atoms with Gasteiger partial charge in [-0.05, 0) is 6.92 Å². The number of hydrogen-bond donors (Lipinski definition) is 5. The fraction of sp³-hybridized carbons (Fsp3) is 0.333. The molecule has 0 rings (SSSR count). The molecule has 0 aromatic carbocycles. The summed E-state index contributed by atoms with van der Waals surface area (Å²) in [5.41, 5.74) is 0. The summed E-state index contributed by atoms with van der Waals surface area (Å²) in [5.74, 6) is -6.04. The molecule has 0 bridgehead atoms. The first-order chi connectivity index (χ1) is 10.4. The molecule has 0 aromatic rings. The van der Waals surface area contributed by atoms with Gasteiger partial charge in [0.25, 0.3) is 0 Å². The van der Waals surface area contributed by atoms with E-state index in [0.717, 1.165) is 0 Å². The second-order valence-electron chi connectivity index (χ2n) is 3.57. The molecule has 0 fully saturated rings. The lowest BCUT2D eigenvalue weighted by atomic mass is 10.3. The highest BCUT2D eigenvalue weighted by Gasteiger charge is 2.00. The summed E-state index contributed by atoms with van der Waals surface area (Å²) in [6.45, 7) is 1.24. The molecule has 0 amide bonds. The van der Waals surface area contributed by atoms with Crippen molar-refractivity contribution in [2.45, 2.75) is 26.2 Å². The first-order valence-electron chi connectivity index (χ1n) is 5.67. The van der Waals surface area contributed by atoms with Gasteiger partial charge in [-0.3, -0.25) is 19.2 Å². The molecule has 0 aliphatic heterocycles. The van der Waals surface area contributed by atoms with E-state index >= 15 is 0 Å². The van der Waals surface area contributed by atoms with Crippen molar-refractivity contribution >= 4 is 35.6 Å². The molecule has 0 atom stereocenters. The van der Waals surface area contributed by atoms with Crippen LogP contribution >= 0.6 is 0 Å². The van der Waals surface area contributed by atoms with E-state index < -0.39 is 29.8 Å². The number of Topliss-reactive ketones (excluding diaryl/α,β-unsaturated/α-hetero) is 1. The number of carboxylic acids is 5. The zero-order valence-corrected chi connectivity index (χ0v) is 12.0. The van der Waals surface area contributed by atoms with Crippen LogP contribution in [0, 0.1) is 0 Å². The molecule has 0 unspecified atom stereocenters. The third kappa shape index (κ3) is 45.5. The van der Waals surface area contributed by atoms with Crippen molar-refractivity contribution in [3.8, 4) is 0 Å². The SMILES string of the molecule is CC(=O)CC(=O)O.O=C(O)/C=C/C(=O)O.O=C(O)CCC(=O)O. The highest BCUT2D eigenvalue weighted by Crippen LogP contribution is 1.86. The molecular weight excluding hydrogens is 320 g/mol. The van der Waals surface area contributed by atoms with Crippen LogP contribution in [0.5, 0.6) is 0 Å². The first-order valence-corrected chi connectivity index (χ1v) is 5.67. The third-order valence-electron chi connectivity index (χ3n) is 1.32. The normalized spacial score (nSPS) is 8.74. The molecular formula is C12H16O11. The molecule has 0 radical (unpaired) electrons. The molecule has 0 heterocycles. The molecule has 130 valence electrons. The molecule has 0 saturated carbocycles. The van der Waals surface area contributed by atoms with Gasteiger partial charge in [0.2, 0.25) is 0 Å². The molecule has 0 saturated heterocycles. The highest BCUT2D eigenvalue weighted by atomic mass is 16.4. The van der Waals surface area contributed by atoms with Crippen LogP contribution in [0.1, 0.15) is 26.2 Å². The van der Waals surface area contributed by atoms with Crippen molar-refractivity contribution in [1.29, 1.82) is 0 Å². The molecule has 23 heavy (non-hydrogen) atoms. The lowest BCUT2D eigenvalue weighted by Crippen LogP contribution is -2.00. The minimum atomic E-state index is -1.26. The van der Waals surface area contributed by atoms with E-state index in [2.05, 4.69) is 0 Å². The maximum atomic E-state index is 9.87. The summed E-state index contributed by atoms with van der Waals surface area (Å²) < 4.78 is 0. The zero-order chi connectivity index (χ0) is 19.0. The number of hydrogen-bond acceptors (Lipinski definition) is 6. The average molecular weight is 336 g/mol. The Morgan fingerprint density at radius 3 is 1.04 bits per heavy atom. The van der Waals surface area contributed by atoms with Crippen LogP contribution in [-0.4, -0.2) is 61.2 Å². The van der Waals surface area contributed by atoms with Gasteiger partial charge in [0.05, 0.1) is 12.8 Å². The van der Waals surface area contributed by atoms with Crippen LogP contribution in [0.4, 0.5) is 0 Å². The quantitative estimate of drug-likeness (QED) is 0.301. The number of ketones is 1. The number of carbonyl (C=O) groups excluding carboxylic acids is 1. The third-order valence-corrected chi connectivity index (χ3v) is 1.32. The maximum absolute atomic E-state index is 9.87. The van der Waals surface area contributed by atoms with E-state index in [4.69, 9.17) is 25.5 Å². The summed E-state index contributed by atoms with van der Waals surface area (Å²) >= 11 is 0. The van der Waals surface area contributed by atoms with Crippen LogP contribution in [-0.2, 0) is 28.8 Å². The molecule has 0 spiro atoms. The zero-order valence-electron chi connectivity index (χ0n) is 12.0. The molecule has 0 aliphatic carbocycles. The number of carbonyl (C=O) groups is 6. The minimum absolute atomic E-state index is 0.296. The van der Waals surface area contributed by atoms with Crippen molar-refractivity contribution in [3.63, 3.8) is 0 Å². The Hall–Kier alpha value is -3.24. The Morgan fingerprint density at radius 2 is 0.957 bits per heavy atom. The smallest absolute Gasteiger partial charge is 0.328 e. The minimum Gasteiger partial charge on any atom is -0.481 e. The van der Waals surface area contributed by atoms with Gasteiger partial charge in [0.15, 0.2) is 0 Å². The molecule has 0 aromatic heterocycles. The predicted molar refractivity (Wildman–Crippen MR) is 71.9 cm³/mol. The van der Waals surface area contributed by atoms with Crippen molar-refractivity contribution in [1.82, 2.24) is 0 Å². The van der Waals surface area contributed by atoms with E-state index in [0.29, 0.717) is 12.2 Å². The fourth-order valence-corrected chi connectivity index (χ4v) is 0.569. The largest absolute Gasteiger partial charge is 0.481 e. The van der Waals surface area contributed by atoms with Crippen molar-refractivity contribution < 1.29 is 54.3 Å². The molecule has 11 nitrogen and oxygen atoms in total. The molecule has 5 N–H and O–H groups in total. The van der Waals surface area contributed by atoms with Crippen molar-refractivity contribution in [2.24, 2.45) is 0 Å². The van der Waals surface area contributed by atoms with E-state index in [9.17, 15) is 28.8 Å². The van der Waals surface area contributed by atoms with Gasteiger partial charge in [-0.15, -0.1) is 0 Å². The maximum Gasteiger partial charge on any atom is 0.328 e. The topological polar surface area (TPSA) is 204 Å². The average Bonchev–Trinajstić information content (AvgIpc) is 2.33. The number of carboxylic acid groups (broad SMARTS) is 5. The van der Waals surface area contributed by atoms with Crippen LogP contribution in [0.15, 0.2) is 12.2 Å². The van der Waals surface area contributed by atoms with Gasteiger partial charge in [0, 0.05) is 12.2 Å². The Labute approximate surface area is 129 Å². The predicted octanol–water partition coefficient (Wildman–Crippen LogP) is -0.302. The Bertz CT molecular complexity index is 433. The Morgan fingerprint density at radius 1 is 0.652 bits per heavy atom. The second-order valence-corrected chi connectivity index (χ2v) is 3.57. The van der Waals surface area contributed by atoms with E-state index in [1.165, 1.54) is 6.92 Å². The van der Waals surface area contributed by atoms with Crippen molar-refractivity contribution in [2.75, 3.05) is 0 Å². The summed E-state index contributed by atoms with van der Waals surface area (Å²) in [5, 5.41) is 39.3. The first kappa shape index (κ1) is 24.8. The summed E-state index contributed by atoms with van der Waals surface area (Å²) in [4.78, 5) is 57.9. The summed E-state index contributed by atoms with van der Waals surface area (Å²) in [6.07, 6.45) is 0.162. The lowest BCUT2D eigenvalue weighted by molar-refractivity contribution is -0.143. The van der Waals surface area contributed by atoms with Gasteiger partial charge in [0.1, 0.15) is 12.2 Å². The second kappa shape index (κ2) is 15.2. The lowest BCUT2D eigenvalue weighted by Gasteiger charge is -1.85. The van der Waals surface area contributed by atoms with Gasteiger partial charge >= 0.3 is 29.8 Å². The Balaban J connectivity index is -0.000000262.